The summed E-state index contributed by atoms with van der Waals surface area (Å²) in [6, 6.07) is 7.09. The second-order valence-electron chi connectivity index (χ2n) is 7.75. The highest BCUT2D eigenvalue weighted by Crippen LogP contribution is 2.18. The Morgan fingerprint density at radius 2 is 1.72 bits per heavy atom. The lowest BCUT2D eigenvalue weighted by Crippen LogP contribution is -2.55. The van der Waals surface area contributed by atoms with Gasteiger partial charge in [-0.3, -0.25) is 14.9 Å². The van der Waals surface area contributed by atoms with Gasteiger partial charge in [0.2, 0.25) is 5.91 Å². The van der Waals surface area contributed by atoms with Crippen LogP contribution in [0.25, 0.3) is 0 Å². The van der Waals surface area contributed by atoms with E-state index in [9.17, 15) is 24.6 Å². The van der Waals surface area contributed by atoms with Gasteiger partial charge in [-0.25, -0.2) is 4.79 Å². The van der Waals surface area contributed by atoms with Crippen molar-refractivity contribution < 1.29 is 24.6 Å². The van der Waals surface area contributed by atoms with Crippen molar-refractivity contribution in [2.24, 2.45) is 0 Å². The quantitative estimate of drug-likeness (QED) is 0.615. The van der Waals surface area contributed by atoms with Crippen molar-refractivity contribution >= 4 is 17.8 Å². The summed E-state index contributed by atoms with van der Waals surface area (Å²) in [4.78, 5) is 37.9. The van der Waals surface area contributed by atoms with Crippen LogP contribution >= 0.6 is 0 Å². The molecule has 1 aliphatic rings. The molecule has 0 aliphatic carbocycles. The topological polar surface area (TPSA) is 107 Å². The number of amides is 1. The second kappa shape index (κ2) is 11.6. The summed E-state index contributed by atoms with van der Waals surface area (Å²) in [5.41, 5.74) is 1.03. The molecule has 7 heteroatoms. The van der Waals surface area contributed by atoms with Crippen molar-refractivity contribution in [1.82, 2.24) is 10.2 Å². The molecule has 0 aromatic heterocycles. The summed E-state index contributed by atoms with van der Waals surface area (Å²) in [5.74, 6) is -2.35. The standard InChI is InChI=1S/C22H32N2O5/c1-16(23-18(21(26)27)14-13-17-10-6-5-7-11-17)20(25)24-15-9-4-2-3-8-12-19(24)22(28)29/h5-7,10-11,16,18-19,23H,2-4,8-9,12-15H2,1H3,(H,26,27)(H,28,29)/t16-,18?,19?/m0/s1. The molecule has 1 saturated heterocycles. The van der Waals surface area contributed by atoms with Crippen molar-refractivity contribution in [1.29, 1.82) is 0 Å². The number of rotatable bonds is 8. The SMILES string of the molecule is C[C@H](NC(CCc1ccccc1)C(=O)O)C(=O)N1CCCCCCCC1C(=O)O. The summed E-state index contributed by atoms with van der Waals surface area (Å²) in [6.07, 6.45) is 5.88. The predicted octanol–water partition coefficient (Wildman–Crippen LogP) is 2.69. The fraction of sp³-hybridized carbons (Fsp3) is 0.591. The maximum Gasteiger partial charge on any atom is 0.326 e. The number of hydrogen-bond donors (Lipinski definition) is 3. The minimum atomic E-state index is -1.01. The third-order valence-electron chi connectivity index (χ3n) is 5.51. The van der Waals surface area contributed by atoms with Crippen LogP contribution in [-0.4, -0.2) is 57.6 Å². The molecule has 7 nitrogen and oxygen atoms in total. The van der Waals surface area contributed by atoms with Gasteiger partial charge in [-0.1, -0.05) is 56.0 Å². The largest absolute Gasteiger partial charge is 0.480 e. The molecule has 0 radical (unpaired) electrons. The van der Waals surface area contributed by atoms with Crippen LogP contribution < -0.4 is 5.32 Å². The normalized spacial score (nSPS) is 20.0. The summed E-state index contributed by atoms with van der Waals surface area (Å²) < 4.78 is 0. The summed E-state index contributed by atoms with van der Waals surface area (Å²) in [7, 11) is 0. The molecule has 29 heavy (non-hydrogen) atoms. The molecule has 3 atom stereocenters. The summed E-state index contributed by atoms with van der Waals surface area (Å²) in [5, 5.41) is 22.1. The van der Waals surface area contributed by atoms with E-state index < -0.39 is 30.1 Å². The number of aliphatic carboxylic acids is 2. The zero-order valence-electron chi connectivity index (χ0n) is 17.0. The first kappa shape index (κ1) is 22.9. The van der Waals surface area contributed by atoms with E-state index in [2.05, 4.69) is 5.32 Å². The van der Waals surface area contributed by atoms with Crippen molar-refractivity contribution in [3.8, 4) is 0 Å². The lowest BCUT2D eigenvalue weighted by Gasteiger charge is -2.32. The van der Waals surface area contributed by atoms with Crippen LogP contribution in [0.4, 0.5) is 0 Å². The minimum Gasteiger partial charge on any atom is -0.480 e. The second-order valence-corrected chi connectivity index (χ2v) is 7.75. The highest BCUT2D eigenvalue weighted by molar-refractivity contribution is 5.87. The van der Waals surface area contributed by atoms with Gasteiger partial charge in [0.1, 0.15) is 12.1 Å². The molecule has 0 spiro atoms. The third kappa shape index (κ3) is 7.16. The molecular weight excluding hydrogens is 372 g/mol. The first-order chi connectivity index (χ1) is 13.9. The van der Waals surface area contributed by atoms with Gasteiger partial charge in [-0.2, -0.15) is 0 Å². The number of carboxylic acids is 2. The average molecular weight is 405 g/mol. The first-order valence-electron chi connectivity index (χ1n) is 10.5. The maximum absolute atomic E-state index is 13.0. The van der Waals surface area contributed by atoms with Gasteiger partial charge >= 0.3 is 11.9 Å². The molecule has 1 aromatic carbocycles. The van der Waals surface area contributed by atoms with E-state index in [0.29, 0.717) is 25.8 Å². The average Bonchev–Trinajstić information content (AvgIpc) is 2.82. The lowest BCUT2D eigenvalue weighted by atomic mass is 10.0. The zero-order chi connectivity index (χ0) is 21.2. The van der Waals surface area contributed by atoms with Crippen LogP contribution in [-0.2, 0) is 20.8 Å². The van der Waals surface area contributed by atoms with Gasteiger partial charge < -0.3 is 15.1 Å². The van der Waals surface area contributed by atoms with Crippen molar-refractivity contribution in [3.63, 3.8) is 0 Å². The van der Waals surface area contributed by atoms with Crippen LogP contribution in [0.15, 0.2) is 30.3 Å². The molecule has 1 amide bonds. The first-order valence-corrected chi connectivity index (χ1v) is 10.5. The van der Waals surface area contributed by atoms with Crippen LogP contribution in [0, 0.1) is 0 Å². The van der Waals surface area contributed by atoms with Gasteiger partial charge in [0, 0.05) is 6.54 Å². The summed E-state index contributed by atoms with van der Waals surface area (Å²) in [6.45, 7) is 2.01. The fourth-order valence-electron chi connectivity index (χ4n) is 3.84. The number of hydrogen-bond acceptors (Lipinski definition) is 4. The van der Waals surface area contributed by atoms with E-state index in [0.717, 1.165) is 37.7 Å². The molecule has 1 aromatic rings. The van der Waals surface area contributed by atoms with E-state index in [1.807, 2.05) is 30.3 Å². The third-order valence-corrected chi connectivity index (χ3v) is 5.51. The van der Waals surface area contributed by atoms with E-state index >= 15 is 0 Å². The van der Waals surface area contributed by atoms with E-state index in [-0.39, 0.29) is 5.91 Å². The van der Waals surface area contributed by atoms with Gasteiger partial charge in [-0.05, 0) is 38.2 Å². The van der Waals surface area contributed by atoms with Crippen molar-refractivity contribution in [2.75, 3.05) is 6.54 Å². The van der Waals surface area contributed by atoms with Crippen LogP contribution in [0.2, 0.25) is 0 Å². The van der Waals surface area contributed by atoms with E-state index in [1.54, 1.807) is 6.92 Å². The Bertz CT molecular complexity index is 679. The molecule has 160 valence electrons. The molecule has 0 bridgehead atoms. The Morgan fingerprint density at radius 1 is 1.07 bits per heavy atom. The molecule has 2 rings (SSSR count). The van der Waals surface area contributed by atoms with Crippen molar-refractivity contribution in [2.45, 2.75) is 76.4 Å². The molecule has 0 saturated carbocycles. The smallest absolute Gasteiger partial charge is 0.326 e. The number of benzene rings is 1. The monoisotopic (exact) mass is 404 g/mol. The lowest BCUT2D eigenvalue weighted by molar-refractivity contribution is -0.152. The number of carbonyl (C=O) groups is 3. The van der Waals surface area contributed by atoms with Gasteiger partial charge in [-0.15, -0.1) is 0 Å². The Morgan fingerprint density at radius 3 is 2.38 bits per heavy atom. The number of carbonyl (C=O) groups excluding carboxylic acids is 1. The minimum absolute atomic E-state index is 0.342. The Balaban J connectivity index is 2.03. The van der Waals surface area contributed by atoms with Crippen molar-refractivity contribution in [3.05, 3.63) is 35.9 Å². The maximum atomic E-state index is 13.0. The predicted molar refractivity (Wildman–Crippen MR) is 110 cm³/mol. The highest BCUT2D eigenvalue weighted by atomic mass is 16.4. The van der Waals surface area contributed by atoms with Crippen LogP contribution in [0.3, 0.4) is 0 Å². The Kier molecular flexibility index (Phi) is 9.12. The summed E-state index contributed by atoms with van der Waals surface area (Å²) >= 11 is 0. The van der Waals surface area contributed by atoms with E-state index in [4.69, 9.17) is 0 Å². The Hall–Kier alpha value is -2.41. The van der Waals surface area contributed by atoms with Gasteiger partial charge in [0.15, 0.2) is 0 Å². The zero-order valence-corrected chi connectivity index (χ0v) is 17.0. The van der Waals surface area contributed by atoms with Gasteiger partial charge in [0.25, 0.3) is 0 Å². The number of nitrogens with zero attached hydrogens (tertiary/aromatic N) is 1. The van der Waals surface area contributed by atoms with E-state index in [1.165, 1.54) is 4.90 Å². The van der Waals surface area contributed by atoms with Gasteiger partial charge in [0.05, 0.1) is 6.04 Å². The highest BCUT2D eigenvalue weighted by Gasteiger charge is 2.33. The molecular formula is C22H32N2O5. The van der Waals surface area contributed by atoms with Crippen LogP contribution in [0.1, 0.15) is 57.4 Å². The molecule has 1 heterocycles. The van der Waals surface area contributed by atoms with Crippen LogP contribution in [0.5, 0.6) is 0 Å². The fourth-order valence-corrected chi connectivity index (χ4v) is 3.84. The number of nitrogens with one attached hydrogen (secondary N) is 1. The number of aryl methyl sites for hydroxylation is 1. The number of carboxylic acid groups (broad SMARTS) is 2. The Labute approximate surface area is 172 Å². The molecule has 1 fully saturated rings. The molecule has 1 aliphatic heterocycles. The molecule has 3 N–H and O–H groups in total. The molecule has 2 unspecified atom stereocenters.